The number of fused-ring (bicyclic) bond motifs is 1. The van der Waals surface area contributed by atoms with E-state index >= 15 is 0 Å². The maximum absolute atomic E-state index is 9.08. The van der Waals surface area contributed by atoms with Gasteiger partial charge in [-0.1, -0.05) is 6.07 Å². The third kappa shape index (κ3) is 1.66. The topological polar surface area (TPSA) is 41.1 Å². The standard InChI is InChI=1S/C12H6BrN3S/c13-8-3-4-10-9(6-14)15-12(16(10)7-8)11-2-1-5-17-11/h1-5,7H. The Hall–Kier alpha value is -1.64. The molecule has 0 spiro atoms. The van der Waals surface area contributed by atoms with Crippen LogP contribution in [0.15, 0.2) is 40.3 Å². The molecule has 0 N–H and O–H groups in total. The summed E-state index contributed by atoms with van der Waals surface area (Å²) < 4.78 is 2.90. The Labute approximate surface area is 110 Å². The Morgan fingerprint density at radius 1 is 1.35 bits per heavy atom. The van der Waals surface area contributed by atoms with Crippen LogP contribution in [0.2, 0.25) is 0 Å². The Balaban J connectivity index is 2.39. The van der Waals surface area contributed by atoms with Gasteiger partial charge in [-0.2, -0.15) is 5.26 Å². The van der Waals surface area contributed by atoms with Gasteiger partial charge >= 0.3 is 0 Å². The van der Waals surface area contributed by atoms with E-state index in [4.69, 9.17) is 5.26 Å². The van der Waals surface area contributed by atoms with Crippen molar-refractivity contribution >= 4 is 32.8 Å². The van der Waals surface area contributed by atoms with Crippen molar-refractivity contribution in [3.8, 4) is 16.8 Å². The minimum atomic E-state index is 0.459. The number of aromatic nitrogens is 2. The van der Waals surface area contributed by atoms with E-state index in [0.29, 0.717) is 5.69 Å². The molecule has 0 saturated heterocycles. The van der Waals surface area contributed by atoms with Gasteiger partial charge in [0.05, 0.1) is 10.4 Å². The molecule has 0 fully saturated rings. The van der Waals surface area contributed by atoms with Gasteiger partial charge in [-0.3, -0.25) is 4.40 Å². The number of hydrogen-bond acceptors (Lipinski definition) is 3. The van der Waals surface area contributed by atoms with Gasteiger partial charge in [0.1, 0.15) is 6.07 Å². The molecule has 0 radical (unpaired) electrons. The van der Waals surface area contributed by atoms with E-state index in [9.17, 15) is 0 Å². The Bertz CT molecular complexity index is 722. The van der Waals surface area contributed by atoms with Crippen molar-refractivity contribution in [1.82, 2.24) is 9.38 Å². The van der Waals surface area contributed by atoms with Crippen LogP contribution in [0.1, 0.15) is 5.69 Å². The van der Waals surface area contributed by atoms with Gasteiger partial charge in [0, 0.05) is 10.7 Å². The second-order valence-electron chi connectivity index (χ2n) is 3.48. The van der Waals surface area contributed by atoms with E-state index < -0.39 is 0 Å². The highest BCUT2D eigenvalue weighted by atomic mass is 79.9. The fraction of sp³-hybridized carbons (Fsp3) is 0. The number of halogens is 1. The van der Waals surface area contributed by atoms with Crippen LogP contribution in [0.25, 0.3) is 16.2 Å². The molecule has 82 valence electrons. The number of thiophene rings is 1. The molecule has 17 heavy (non-hydrogen) atoms. The summed E-state index contributed by atoms with van der Waals surface area (Å²) in [6, 6.07) is 9.92. The summed E-state index contributed by atoms with van der Waals surface area (Å²) in [5.74, 6) is 0.813. The van der Waals surface area contributed by atoms with Gasteiger partial charge in [-0.05, 0) is 39.5 Å². The summed E-state index contributed by atoms with van der Waals surface area (Å²) in [7, 11) is 0. The summed E-state index contributed by atoms with van der Waals surface area (Å²) in [6.07, 6.45) is 1.93. The third-order valence-electron chi connectivity index (χ3n) is 2.45. The Morgan fingerprint density at radius 2 is 2.24 bits per heavy atom. The van der Waals surface area contributed by atoms with Crippen LogP contribution in [-0.2, 0) is 0 Å². The molecule has 0 aliphatic carbocycles. The molecule has 3 aromatic heterocycles. The maximum atomic E-state index is 9.08. The first-order chi connectivity index (χ1) is 8.29. The lowest BCUT2D eigenvalue weighted by Crippen LogP contribution is -1.86. The molecule has 3 heterocycles. The average Bonchev–Trinajstić information content (AvgIpc) is 2.94. The largest absolute Gasteiger partial charge is 0.297 e. The highest BCUT2D eigenvalue weighted by Crippen LogP contribution is 2.27. The highest BCUT2D eigenvalue weighted by Gasteiger charge is 2.12. The summed E-state index contributed by atoms with van der Waals surface area (Å²) in [5, 5.41) is 11.1. The normalized spacial score (nSPS) is 10.6. The molecule has 5 heteroatoms. The van der Waals surface area contributed by atoms with Crippen LogP contribution in [0.5, 0.6) is 0 Å². The summed E-state index contributed by atoms with van der Waals surface area (Å²) in [4.78, 5) is 5.44. The molecule has 0 saturated carbocycles. The first kappa shape index (κ1) is 10.5. The molecule has 0 amide bonds. The zero-order valence-corrected chi connectivity index (χ0v) is 11.0. The van der Waals surface area contributed by atoms with Crippen LogP contribution < -0.4 is 0 Å². The van der Waals surface area contributed by atoms with Gasteiger partial charge < -0.3 is 0 Å². The smallest absolute Gasteiger partial charge is 0.166 e. The predicted molar refractivity (Wildman–Crippen MR) is 70.9 cm³/mol. The van der Waals surface area contributed by atoms with Crippen molar-refractivity contribution in [1.29, 1.82) is 5.26 Å². The zero-order chi connectivity index (χ0) is 11.8. The fourth-order valence-corrected chi connectivity index (χ4v) is 2.77. The number of imidazole rings is 1. The molecule has 3 nitrogen and oxygen atoms in total. The van der Waals surface area contributed by atoms with Crippen LogP contribution >= 0.6 is 27.3 Å². The summed E-state index contributed by atoms with van der Waals surface area (Å²) in [6.45, 7) is 0. The molecule has 0 aliphatic rings. The summed E-state index contributed by atoms with van der Waals surface area (Å²) in [5.41, 5.74) is 1.29. The molecule has 0 aliphatic heterocycles. The Morgan fingerprint density at radius 3 is 2.94 bits per heavy atom. The van der Waals surface area contributed by atoms with Crippen LogP contribution in [0.3, 0.4) is 0 Å². The van der Waals surface area contributed by atoms with Crippen molar-refractivity contribution in [2.24, 2.45) is 0 Å². The number of hydrogen-bond donors (Lipinski definition) is 0. The first-order valence-electron chi connectivity index (χ1n) is 4.91. The lowest BCUT2D eigenvalue weighted by atomic mass is 10.3. The molecule has 0 unspecified atom stereocenters. The van der Waals surface area contributed by atoms with Crippen LogP contribution in [0.4, 0.5) is 0 Å². The molecule has 0 bridgehead atoms. The zero-order valence-electron chi connectivity index (χ0n) is 8.59. The highest BCUT2D eigenvalue weighted by molar-refractivity contribution is 9.10. The van der Waals surface area contributed by atoms with E-state index in [1.165, 1.54) is 0 Å². The van der Waals surface area contributed by atoms with E-state index in [-0.39, 0.29) is 0 Å². The fourth-order valence-electron chi connectivity index (χ4n) is 1.72. The molecule has 3 rings (SSSR count). The minimum Gasteiger partial charge on any atom is -0.297 e. The Kier molecular flexibility index (Phi) is 2.46. The number of nitrogens with zero attached hydrogens (tertiary/aromatic N) is 3. The van der Waals surface area contributed by atoms with Crippen molar-refractivity contribution in [3.05, 3.63) is 46.0 Å². The quantitative estimate of drug-likeness (QED) is 0.688. The lowest BCUT2D eigenvalue weighted by molar-refractivity contribution is 1.16. The summed E-state index contributed by atoms with van der Waals surface area (Å²) >= 11 is 5.05. The predicted octanol–water partition coefficient (Wildman–Crippen LogP) is 3.70. The minimum absolute atomic E-state index is 0.459. The van der Waals surface area contributed by atoms with Gasteiger partial charge in [-0.25, -0.2) is 4.98 Å². The van der Waals surface area contributed by atoms with E-state index in [1.54, 1.807) is 11.3 Å². The molecule has 0 aromatic carbocycles. The first-order valence-corrected chi connectivity index (χ1v) is 6.58. The molecule has 0 atom stereocenters. The van der Waals surface area contributed by atoms with E-state index in [1.807, 2.05) is 40.2 Å². The number of nitriles is 1. The molecular formula is C12H6BrN3S. The lowest BCUT2D eigenvalue weighted by Gasteiger charge is -1.98. The number of pyridine rings is 1. The second-order valence-corrected chi connectivity index (χ2v) is 5.34. The third-order valence-corrected chi connectivity index (χ3v) is 3.78. The maximum Gasteiger partial charge on any atom is 0.166 e. The van der Waals surface area contributed by atoms with Gasteiger partial charge in [-0.15, -0.1) is 11.3 Å². The van der Waals surface area contributed by atoms with Crippen molar-refractivity contribution < 1.29 is 0 Å². The van der Waals surface area contributed by atoms with E-state index in [0.717, 1.165) is 20.7 Å². The van der Waals surface area contributed by atoms with Crippen molar-refractivity contribution in [2.45, 2.75) is 0 Å². The molecule has 3 aromatic rings. The van der Waals surface area contributed by atoms with E-state index in [2.05, 4.69) is 27.0 Å². The van der Waals surface area contributed by atoms with Gasteiger partial charge in [0.15, 0.2) is 11.5 Å². The SMILES string of the molecule is N#Cc1nc(-c2cccs2)n2cc(Br)ccc12. The van der Waals surface area contributed by atoms with Crippen molar-refractivity contribution in [3.63, 3.8) is 0 Å². The second kappa shape index (κ2) is 3.99. The monoisotopic (exact) mass is 303 g/mol. The molecular weight excluding hydrogens is 298 g/mol. The van der Waals surface area contributed by atoms with Gasteiger partial charge in [0.25, 0.3) is 0 Å². The number of rotatable bonds is 1. The average molecular weight is 304 g/mol. The van der Waals surface area contributed by atoms with Gasteiger partial charge in [0.2, 0.25) is 0 Å². The van der Waals surface area contributed by atoms with Crippen molar-refractivity contribution in [2.75, 3.05) is 0 Å². The van der Waals surface area contributed by atoms with Crippen LogP contribution in [0, 0.1) is 11.3 Å². The van der Waals surface area contributed by atoms with Crippen LogP contribution in [-0.4, -0.2) is 9.38 Å².